The number of fused-ring (bicyclic) bond motifs is 2. The molecule has 0 atom stereocenters. The third kappa shape index (κ3) is 5.50. The van der Waals surface area contributed by atoms with Crippen molar-refractivity contribution in [1.29, 1.82) is 0 Å². The highest BCUT2D eigenvalue weighted by Crippen LogP contribution is 2.20. The van der Waals surface area contributed by atoms with Gasteiger partial charge in [0.1, 0.15) is 5.52 Å². The number of aromatic nitrogens is 2. The van der Waals surface area contributed by atoms with Crippen LogP contribution in [-0.4, -0.2) is 9.97 Å². The van der Waals surface area contributed by atoms with Crippen LogP contribution in [0.2, 0.25) is 0 Å². The molecule has 0 amide bonds. The van der Waals surface area contributed by atoms with Gasteiger partial charge >= 0.3 is 0 Å². The van der Waals surface area contributed by atoms with Crippen molar-refractivity contribution in [2.75, 3.05) is 0 Å². The maximum Gasteiger partial charge on any atom is 0.192 e. The first-order valence-corrected chi connectivity index (χ1v) is 9.59. The van der Waals surface area contributed by atoms with Crippen LogP contribution in [0.3, 0.4) is 0 Å². The van der Waals surface area contributed by atoms with Crippen LogP contribution in [0.1, 0.15) is 16.5 Å². The van der Waals surface area contributed by atoms with Crippen molar-refractivity contribution in [3.8, 4) is 0 Å². The molecule has 0 spiro atoms. The van der Waals surface area contributed by atoms with Crippen molar-refractivity contribution < 1.29 is 4.42 Å². The van der Waals surface area contributed by atoms with Gasteiger partial charge in [0, 0.05) is 6.92 Å². The Kier molecular flexibility index (Phi) is 6.34. The molecule has 0 N–H and O–H groups in total. The third-order valence-electron chi connectivity index (χ3n) is 3.74. The van der Waals surface area contributed by atoms with Gasteiger partial charge in [0.05, 0.1) is 15.2 Å². The first-order valence-electron chi connectivity index (χ1n) is 8.78. The smallest absolute Gasteiger partial charge is 0.192 e. The lowest BCUT2D eigenvalue weighted by atomic mass is 10.2. The molecule has 0 bridgehead atoms. The predicted octanol–water partition coefficient (Wildman–Crippen LogP) is 6.74. The first-order chi connectivity index (χ1) is 13.1. The van der Waals surface area contributed by atoms with Gasteiger partial charge in [0.25, 0.3) is 0 Å². The Bertz CT molecular complexity index is 975. The fraction of sp³-hybridized carbons (Fsp3) is 0.130. The largest absolute Gasteiger partial charge is 0.441 e. The zero-order valence-electron chi connectivity index (χ0n) is 15.7. The van der Waals surface area contributed by atoms with Gasteiger partial charge in [-0.15, -0.1) is 11.3 Å². The van der Waals surface area contributed by atoms with E-state index in [2.05, 4.69) is 35.1 Å². The summed E-state index contributed by atoms with van der Waals surface area (Å²) in [6.07, 6.45) is 0. The minimum absolute atomic E-state index is 0.723. The van der Waals surface area contributed by atoms with Gasteiger partial charge in [-0.05, 0) is 38.1 Å². The lowest BCUT2D eigenvalue weighted by molar-refractivity contribution is 0.561. The summed E-state index contributed by atoms with van der Waals surface area (Å²) in [5.74, 6) is 0.723. The highest BCUT2D eigenvalue weighted by atomic mass is 32.1. The number of thiazole rings is 1. The van der Waals surface area contributed by atoms with Crippen LogP contribution in [0.15, 0.2) is 83.3 Å². The Morgan fingerprint density at radius 2 is 1.30 bits per heavy atom. The molecule has 2 heterocycles. The average Bonchev–Trinajstić information content (AvgIpc) is 3.23. The fourth-order valence-electron chi connectivity index (χ4n) is 2.51. The highest BCUT2D eigenvalue weighted by molar-refractivity contribution is 7.18. The molecule has 4 heteroatoms. The number of nitrogens with zero attached hydrogens (tertiary/aromatic N) is 2. The molecule has 0 aliphatic carbocycles. The Balaban J connectivity index is 0.000000119. The normalized spacial score (nSPS) is 10.0. The molecule has 0 aliphatic heterocycles. The molecule has 0 radical (unpaired) electrons. The molecule has 136 valence electrons. The number of hydrogen-bond donors (Lipinski definition) is 0. The summed E-state index contributed by atoms with van der Waals surface area (Å²) in [6.45, 7) is 5.96. The highest BCUT2D eigenvalue weighted by Gasteiger charge is 1.97. The van der Waals surface area contributed by atoms with Gasteiger partial charge in [-0.25, -0.2) is 9.97 Å². The number of hydrogen-bond acceptors (Lipinski definition) is 4. The molecule has 3 aromatic carbocycles. The Morgan fingerprint density at radius 1 is 0.667 bits per heavy atom. The second-order valence-corrected chi connectivity index (χ2v) is 7.29. The number of benzene rings is 3. The Morgan fingerprint density at radius 3 is 1.93 bits per heavy atom. The monoisotopic (exact) mass is 374 g/mol. The fourth-order valence-corrected chi connectivity index (χ4v) is 3.34. The van der Waals surface area contributed by atoms with Crippen molar-refractivity contribution in [3.05, 3.63) is 95.3 Å². The molecule has 0 saturated heterocycles. The molecular formula is C23H22N2OS. The lowest BCUT2D eigenvalue weighted by Crippen LogP contribution is -1.65. The van der Waals surface area contributed by atoms with E-state index in [1.54, 1.807) is 11.3 Å². The van der Waals surface area contributed by atoms with Gasteiger partial charge in [0.2, 0.25) is 0 Å². The molecule has 5 aromatic rings. The zero-order chi connectivity index (χ0) is 19.1. The van der Waals surface area contributed by atoms with Crippen LogP contribution < -0.4 is 0 Å². The number of aryl methyl sites for hydroxylation is 3. The van der Waals surface area contributed by atoms with Gasteiger partial charge in [-0.1, -0.05) is 60.2 Å². The van der Waals surface area contributed by atoms with E-state index in [1.807, 2.05) is 74.5 Å². The third-order valence-corrected chi connectivity index (χ3v) is 4.69. The van der Waals surface area contributed by atoms with E-state index in [9.17, 15) is 0 Å². The summed E-state index contributed by atoms with van der Waals surface area (Å²) in [5.41, 5.74) is 4.23. The average molecular weight is 375 g/mol. The molecule has 3 nitrogen and oxygen atoms in total. The molecule has 0 saturated carbocycles. The summed E-state index contributed by atoms with van der Waals surface area (Å²) in [6, 6.07) is 26.2. The number of rotatable bonds is 0. The zero-order valence-corrected chi connectivity index (χ0v) is 16.5. The molecule has 2 aromatic heterocycles. The van der Waals surface area contributed by atoms with Crippen LogP contribution in [0, 0.1) is 20.8 Å². The van der Waals surface area contributed by atoms with Crippen LogP contribution in [-0.2, 0) is 0 Å². The van der Waals surface area contributed by atoms with Crippen molar-refractivity contribution in [2.24, 2.45) is 0 Å². The van der Waals surface area contributed by atoms with Gasteiger partial charge in [-0.3, -0.25) is 0 Å². The lowest BCUT2D eigenvalue weighted by Gasteiger charge is -1.82. The molecular weight excluding hydrogens is 352 g/mol. The van der Waals surface area contributed by atoms with E-state index >= 15 is 0 Å². The van der Waals surface area contributed by atoms with Crippen molar-refractivity contribution in [1.82, 2.24) is 9.97 Å². The second-order valence-electron chi connectivity index (χ2n) is 6.06. The van der Waals surface area contributed by atoms with Gasteiger partial charge in [0.15, 0.2) is 11.5 Å². The summed E-state index contributed by atoms with van der Waals surface area (Å²) in [7, 11) is 0. The summed E-state index contributed by atoms with van der Waals surface area (Å²) < 4.78 is 6.53. The summed E-state index contributed by atoms with van der Waals surface area (Å²) in [4.78, 5) is 8.48. The van der Waals surface area contributed by atoms with Crippen molar-refractivity contribution >= 4 is 32.7 Å². The van der Waals surface area contributed by atoms with E-state index in [4.69, 9.17) is 4.42 Å². The van der Waals surface area contributed by atoms with E-state index in [0.717, 1.165) is 27.5 Å². The second kappa shape index (κ2) is 9.10. The van der Waals surface area contributed by atoms with Crippen LogP contribution >= 0.6 is 11.3 Å². The SMILES string of the molecule is Cc1ccccc1.Cc1nc2ccccc2o1.Cc1nc2ccccc2s1. The number of oxazole rings is 1. The van der Waals surface area contributed by atoms with Gasteiger partial charge in [-0.2, -0.15) is 0 Å². The Labute approximate surface area is 163 Å². The Hall–Kier alpha value is -2.98. The minimum atomic E-state index is 0.723. The van der Waals surface area contributed by atoms with Crippen LogP contribution in [0.4, 0.5) is 0 Å². The topological polar surface area (TPSA) is 38.9 Å². The van der Waals surface area contributed by atoms with E-state index in [1.165, 1.54) is 10.3 Å². The van der Waals surface area contributed by atoms with E-state index in [-0.39, 0.29) is 0 Å². The van der Waals surface area contributed by atoms with E-state index < -0.39 is 0 Å². The maximum atomic E-state index is 5.26. The number of para-hydroxylation sites is 3. The minimum Gasteiger partial charge on any atom is -0.441 e. The standard InChI is InChI=1S/C8H7NO.C8H7NS.C7H8/c2*1-6-9-7-4-2-3-5-8(7)10-6;1-7-5-3-2-4-6-7/h2*2-5H,1H3;2-6H,1H3. The molecule has 5 rings (SSSR count). The molecule has 0 fully saturated rings. The van der Waals surface area contributed by atoms with Crippen LogP contribution in [0.25, 0.3) is 21.3 Å². The quantitative estimate of drug-likeness (QED) is 0.301. The van der Waals surface area contributed by atoms with Crippen molar-refractivity contribution in [2.45, 2.75) is 20.8 Å². The predicted molar refractivity (Wildman–Crippen MR) is 114 cm³/mol. The van der Waals surface area contributed by atoms with Crippen molar-refractivity contribution in [3.63, 3.8) is 0 Å². The first kappa shape index (κ1) is 18.8. The summed E-state index contributed by atoms with van der Waals surface area (Å²) >= 11 is 1.74. The molecule has 0 unspecified atom stereocenters. The molecule has 27 heavy (non-hydrogen) atoms. The van der Waals surface area contributed by atoms with Crippen LogP contribution in [0.5, 0.6) is 0 Å². The molecule has 0 aliphatic rings. The maximum absolute atomic E-state index is 5.26. The summed E-state index contributed by atoms with van der Waals surface area (Å²) in [5, 5.41) is 1.14. The van der Waals surface area contributed by atoms with E-state index in [0.29, 0.717) is 0 Å². The van der Waals surface area contributed by atoms with Gasteiger partial charge < -0.3 is 4.42 Å².